The fraction of sp³-hybridized carbons (Fsp3) is 0.389. The molecule has 0 N–H and O–H groups in total. The Bertz CT molecular complexity index is 672. The van der Waals surface area contributed by atoms with Crippen LogP contribution in [0.25, 0.3) is 0 Å². The highest BCUT2D eigenvalue weighted by Gasteiger charge is 2.22. The first-order valence-corrected chi connectivity index (χ1v) is 7.94. The molecule has 1 aliphatic heterocycles. The number of methoxy groups -OCH3 is 1. The van der Waals surface area contributed by atoms with Gasteiger partial charge in [0.2, 0.25) is 5.91 Å². The van der Waals surface area contributed by atoms with E-state index in [-0.39, 0.29) is 5.91 Å². The van der Waals surface area contributed by atoms with Gasteiger partial charge in [0.05, 0.1) is 19.2 Å². The van der Waals surface area contributed by atoms with Crippen molar-refractivity contribution in [1.82, 2.24) is 9.47 Å². The van der Waals surface area contributed by atoms with E-state index in [9.17, 15) is 4.79 Å². The van der Waals surface area contributed by atoms with E-state index in [1.165, 1.54) is 0 Å². The Hall–Kier alpha value is -2.43. The van der Waals surface area contributed by atoms with Crippen LogP contribution in [-0.2, 0) is 18.3 Å². The van der Waals surface area contributed by atoms with Crippen LogP contribution in [0.5, 0.6) is 5.75 Å². The van der Waals surface area contributed by atoms with Gasteiger partial charge in [-0.25, -0.2) is 0 Å². The number of carbonyl (C=O) groups is 1. The summed E-state index contributed by atoms with van der Waals surface area (Å²) in [6.07, 6.45) is 4.46. The second-order valence-electron chi connectivity index (χ2n) is 5.90. The third-order valence-electron chi connectivity index (χ3n) is 4.31. The van der Waals surface area contributed by atoms with Gasteiger partial charge in [0.1, 0.15) is 5.75 Å². The fourth-order valence-corrected chi connectivity index (χ4v) is 3.04. The number of aromatic nitrogens is 1. The Labute approximate surface area is 137 Å². The number of carbonyl (C=O) groups excluding carboxylic acids is 1. The van der Waals surface area contributed by atoms with Crippen LogP contribution in [0, 0.1) is 0 Å². The van der Waals surface area contributed by atoms with Crippen LogP contribution in [0.3, 0.4) is 0 Å². The molecule has 0 unspecified atom stereocenters. The van der Waals surface area contributed by atoms with E-state index in [0.29, 0.717) is 6.42 Å². The van der Waals surface area contributed by atoms with Crippen molar-refractivity contribution in [1.29, 1.82) is 0 Å². The van der Waals surface area contributed by atoms with E-state index in [2.05, 4.69) is 11.0 Å². The van der Waals surface area contributed by atoms with Crippen LogP contribution < -0.4 is 9.64 Å². The first-order chi connectivity index (χ1) is 11.2. The summed E-state index contributed by atoms with van der Waals surface area (Å²) in [6, 6.07) is 10.0. The zero-order chi connectivity index (χ0) is 16.2. The first kappa shape index (κ1) is 15.5. The molecule has 1 fully saturated rings. The Kier molecular flexibility index (Phi) is 4.55. The molecule has 0 atom stereocenters. The van der Waals surface area contributed by atoms with Gasteiger partial charge in [0, 0.05) is 45.6 Å². The summed E-state index contributed by atoms with van der Waals surface area (Å²) >= 11 is 0. The van der Waals surface area contributed by atoms with Gasteiger partial charge < -0.3 is 19.1 Å². The maximum atomic E-state index is 12.4. The molecule has 23 heavy (non-hydrogen) atoms. The number of hydrogen-bond donors (Lipinski definition) is 0. The number of piperazine rings is 1. The Morgan fingerprint density at radius 1 is 1.13 bits per heavy atom. The van der Waals surface area contributed by atoms with Crippen LogP contribution in [0.1, 0.15) is 5.56 Å². The van der Waals surface area contributed by atoms with Crippen LogP contribution in [-0.4, -0.2) is 48.7 Å². The summed E-state index contributed by atoms with van der Waals surface area (Å²) in [6.45, 7) is 3.18. The van der Waals surface area contributed by atoms with Gasteiger partial charge in [-0.2, -0.15) is 0 Å². The highest BCUT2D eigenvalue weighted by Crippen LogP contribution is 2.28. The van der Waals surface area contributed by atoms with E-state index in [4.69, 9.17) is 4.74 Å². The largest absolute Gasteiger partial charge is 0.495 e. The zero-order valence-corrected chi connectivity index (χ0v) is 13.7. The number of benzene rings is 1. The van der Waals surface area contributed by atoms with Gasteiger partial charge in [0.25, 0.3) is 0 Å². The Balaban J connectivity index is 1.58. The molecule has 5 nitrogen and oxygen atoms in total. The predicted molar refractivity (Wildman–Crippen MR) is 90.9 cm³/mol. The number of ether oxygens (including phenoxy) is 1. The van der Waals surface area contributed by atoms with E-state index < -0.39 is 0 Å². The summed E-state index contributed by atoms with van der Waals surface area (Å²) in [7, 11) is 3.67. The van der Waals surface area contributed by atoms with Crippen molar-refractivity contribution in [2.75, 3.05) is 38.2 Å². The molecule has 0 radical (unpaired) electrons. The minimum absolute atomic E-state index is 0.205. The Morgan fingerprint density at radius 3 is 2.52 bits per heavy atom. The highest BCUT2D eigenvalue weighted by atomic mass is 16.5. The molecule has 1 aromatic carbocycles. The second-order valence-corrected chi connectivity index (χ2v) is 5.90. The molecule has 0 bridgehead atoms. The molecule has 2 heterocycles. The summed E-state index contributed by atoms with van der Waals surface area (Å²) < 4.78 is 7.40. The monoisotopic (exact) mass is 313 g/mol. The number of rotatable bonds is 4. The van der Waals surface area contributed by atoms with Crippen LogP contribution >= 0.6 is 0 Å². The number of amides is 1. The molecule has 3 rings (SSSR count). The average Bonchev–Trinajstić information content (AvgIpc) is 3.00. The lowest BCUT2D eigenvalue weighted by molar-refractivity contribution is -0.130. The zero-order valence-electron chi connectivity index (χ0n) is 13.7. The lowest BCUT2D eigenvalue weighted by atomic mass is 10.2. The molecule has 122 valence electrons. The number of para-hydroxylation sites is 2. The SMILES string of the molecule is COc1ccccc1N1CCN(C(=O)Cc2ccn(C)c2)CC1. The van der Waals surface area contributed by atoms with E-state index in [1.54, 1.807) is 7.11 Å². The van der Waals surface area contributed by atoms with Gasteiger partial charge in [-0.1, -0.05) is 12.1 Å². The maximum absolute atomic E-state index is 12.4. The number of aryl methyl sites for hydroxylation is 1. The maximum Gasteiger partial charge on any atom is 0.227 e. The molecule has 1 amide bonds. The molecule has 0 aliphatic carbocycles. The fourth-order valence-electron chi connectivity index (χ4n) is 3.04. The lowest BCUT2D eigenvalue weighted by Gasteiger charge is -2.36. The summed E-state index contributed by atoms with van der Waals surface area (Å²) in [5.74, 6) is 1.09. The Morgan fingerprint density at radius 2 is 1.87 bits per heavy atom. The van der Waals surface area contributed by atoms with E-state index in [1.807, 2.05) is 53.2 Å². The van der Waals surface area contributed by atoms with E-state index in [0.717, 1.165) is 43.2 Å². The van der Waals surface area contributed by atoms with Crippen molar-refractivity contribution in [2.45, 2.75) is 6.42 Å². The minimum Gasteiger partial charge on any atom is -0.495 e. The summed E-state index contributed by atoms with van der Waals surface area (Å²) in [4.78, 5) is 16.7. The number of hydrogen-bond acceptors (Lipinski definition) is 3. The van der Waals surface area contributed by atoms with Gasteiger partial charge >= 0.3 is 0 Å². The van der Waals surface area contributed by atoms with Crippen LogP contribution in [0.2, 0.25) is 0 Å². The molecule has 1 aromatic heterocycles. The topological polar surface area (TPSA) is 37.7 Å². The van der Waals surface area contributed by atoms with Gasteiger partial charge in [0.15, 0.2) is 0 Å². The first-order valence-electron chi connectivity index (χ1n) is 7.94. The summed E-state index contributed by atoms with van der Waals surface area (Å²) in [5, 5.41) is 0. The molecular weight excluding hydrogens is 290 g/mol. The van der Waals surface area contributed by atoms with Crippen molar-refractivity contribution >= 4 is 11.6 Å². The molecule has 5 heteroatoms. The molecule has 0 spiro atoms. The normalized spacial score (nSPS) is 14.9. The molecular formula is C18H23N3O2. The highest BCUT2D eigenvalue weighted by molar-refractivity contribution is 5.79. The molecule has 1 saturated heterocycles. The predicted octanol–water partition coefficient (Wildman–Crippen LogP) is 1.92. The minimum atomic E-state index is 0.205. The third kappa shape index (κ3) is 3.50. The van der Waals surface area contributed by atoms with Crippen molar-refractivity contribution in [3.63, 3.8) is 0 Å². The number of anilines is 1. The van der Waals surface area contributed by atoms with Crippen LogP contribution in [0.15, 0.2) is 42.7 Å². The summed E-state index contributed by atoms with van der Waals surface area (Å²) in [5.41, 5.74) is 2.18. The third-order valence-corrected chi connectivity index (χ3v) is 4.31. The van der Waals surface area contributed by atoms with Gasteiger partial charge in [-0.05, 0) is 23.8 Å². The average molecular weight is 313 g/mol. The molecule has 0 saturated carbocycles. The van der Waals surface area contributed by atoms with Crippen molar-refractivity contribution in [3.8, 4) is 5.75 Å². The van der Waals surface area contributed by atoms with E-state index >= 15 is 0 Å². The number of nitrogens with zero attached hydrogens (tertiary/aromatic N) is 3. The van der Waals surface area contributed by atoms with Crippen LogP contribution in [0.4, 0.5) is 5.69 Å². The van der Waals surface area contributed by atoms with Crippen molar-refractivity contribution in [3.05, 3.63) is 48.3 Å². The quantitative estimate of drug-likeness (QED) is 0.865. The van der Waals surface area contributed by atoms with Gasteiger partial charge in [-0.3, -0.25) is 4.79 Å². The standard InChI is InChI=1S/C18H23N3O2/c1-19-8-7-15(14-19)13-18(22)21-11-9-20(10-12-21)16-5-3-4-6-17(16)23-2/h3-8,14H,9-13H2,1-2H3. The lowest BCUT2D eigenvalue weighted by Crippen LogP contribution is -2.49. The second kappa shape index (κ2) is 6.77. The van der Waals surface area contributed by atoms with Gasteiger partial charge in [-0.15, -0.1) is 0 Å². The smallest absolute Gasteiger partial charge is 0.227 e. The van der Waals surface area contributed by atoms with Crippen molar-refractivity contribution in [2.24, 2.45) is 7.05 Å². The molecule has 2 aromatic rings. The molecule has 1 aliphatic rings. The van der Waals surface area contributed by atoms with Crippen molar-refractivity contribution < 1.29 is 9.53 Å².